The van der Waals surface area contributed by atoms with Gasteiger partial charge >= 0.3 is 0 Å². The second kappa shape index (κ2) is 8.90. The summed E-state index contributed by atoms with van der Waals surface area (Å²) in [6, 6.07) is 16.8. The van der Waals surface area contributed by atoms with E-state index in [1.54, 1.807) is 6.07 Å². The Bertz CT molecular complexity index is 970. The van der Waals surface area contributed by atoms with E-state index >= 15 is 0 Å². The molecule has 0 fully saturated rings. The first-order chi connectivity index (χ1) is 13.9. The fourth-order valence-corrected chi connectivity index (χ4v) is 3.26. The van der Waals surface area contributed by atoms with E-state index in [1.165, 1.54) is 0 Å². The van der Waals surface area contributed by atoms with Gasteiger partial charge in [-0.3, -0.25) is 0 Å². The standard InChI is InChI=1S/C23H27FN4O/c1-16(18-11-12-20(21(24)13-18)17-9-7-6-8-10-17)22-14-19(29-26-22)15-25-23(27(2)3)28(4)5/h6-14,16H,15H2,1-5H3. The van der Waals surface area contributed by atoms with Crippen LogP contribution in [0.5, 0.6) is 0 Å². The van der Waals surface area contributed by atoms with Gasteiger partial charge in [0.15, 0.2) is 11.7 Å². The molecule has 1 aromatic heterocycles. The minimum absolute atomic E-state index is 0.0852. The molecule has 0 aliphatic carbocycles. The summed E-state index contributed by atoms with van der Waals surface area (Å²) in [4.78, 5) is 8.46. The van der Waals surface area contributed by atoms with Crippen LogP contribution in [0.2, 0.25) is 0 Å². The summed E-state index contributed by atoms with van der Waals surface area (Å²) in [6.07, 6.45) is 0. The molecule has 152 valence electrons. The van der Waals surface area contributed by atoms with Crippen molar-refractivity contribution >= 4 is 5.96 Å². The average molecular weight is 394 g/mol. The molecule has 0 saturated carbocycles. The highest BCUT2D eigenvalue weighted by atomic mass is 19.1. The minimum atomic E-state index is -0.240. The summed E-state index contributed by atoms with van der Waals surface area (Å²) < 4.78 is 20.2. The van der Waals surface area contributed by atoms with Crippen molar-refractivity contribution in [1.82, 2.24) is 15.0 Å². The maximum atomic E-state index is 14.7. The Morgan fingerprint density at radius 3 is 2.34 bits per heavy atom. The van der Waals surface area contributed by atoms with Gasteiger partial charge in [-0.25, -0.2) is 9.38 Å². The number of halogens is 1. The molecule has 6 heteroatoms. The van der Waals surface area contributed by atoms with Crippen LogP contribution in [0, 0.1) is 5.82 Å². The number of benzene rings is 2. The quantitative estimate of drug-likeness (QED) is 0.468. The van der Waals surface area contributed by atoms with E-state index in [2.05, 4.69) is 10.1 Å². The third kappa shape index (κ3) is 4.83. The van der Waals surface area contributed by atoms with Crippen molar-refractivity contribution in [2.24, 2.45) is 4.99 Å². The highest BCUT2D eigenvalue weighted by Crippen LogP contribution is 2.29. The van der Waals surface area contributed by atoms with Crippen LogP contribution < -0.4 is 0 Å². The molecule has 5 nitrogen and oxygen atoms in total. The summed E-state index contributed by atoms with van der Waals surface area (Å²) in [5.41, 5.74) is 3.08. The number of rotatable bonds is 5. The lowest BCUT2D eigenvalue weighted by atomic mass is 9.94. The second-order valence-electron chi connectivity index (χ2n) is 7.45. The van der Waals surface area contributed by atoms with E-state index < -0.39 is 0 Å². The van der Waals surface area contributed by atoms with E-state index in [1.807, 2.05) is 93.4 Å². The highest BCUT2D eigenvalue weighted by molar-refractivity contribution is 5.79. The first-order valence-electron chi connectivity index (χ1n) is 9.56. The Kier molecular flexibility index (Phi) is 6.32. The summed E-state index contributed by atoms with van der Waals surface area (Å²) in [5.74, 6) is 1.19. The average Bonchev–Trinajstić information content (AvgIpc) is 3.16. The van der Waals surface area contributed by atoms with Crippen LogP contribution in [0.4, 0.5) is 4.39 Å². The molecule has 0 N–H and O–H groups in total. The fourth-order valence-electron chi connectivity index (χ4n) is 3.26. The highest BCUT2D eigenvalue weighted by Gasteiger charge is 2.16. The van der Waals surface area contributed by atoms with Crippen LogP contribution in [0.25, 0.3) is 11.1 Å². The number of hydrogen-bond donors (Lipinski definition) is 0. The van der Waals surface area contributed by atoms with Crippen molar-refractivity contribution in [2.45, 2.75) is 19.4 Å². The molecule has 2 aromatic carbocycles. The molecule has 0 spiro atoms. The Balaban J connectivity index is 1.77. The monoisotopic (exact) mass is 394 g/mol. The zero-order valence-corrected chi connectivity index (χ0v) is 17.6. The van der Waals surface area contributed by atoms with Crippen molar-refractivity contribution in [3.05, 3.63) is 77.4 Å². The van der Waals surface area contributed by atoms with Crippen LogP contribution >= 0.6 is 0 Å². The Labute approximate surface area is 171 Å². The SMILES string of the molecule is CC(c1ccc(-c2ccccc2)c(F)c1)c1cc(CN=C(N(C)C)N(C)C)on1. The zero-order chi connectivity index (χ0) is 21.0. The van der Waals surface area contributed by atoms with Crippen molar-refractivity contribution in [2.75, 3.05) is 28.2 Å². The normalized spacial score (nSPS) is 11.8. The number of aliphatic imine (C=N–C) groups is 1. The summed E-state index contributed by atoms with van der Waals surface area (Å²) >= 11 is 0. The molecule has 3 rings (SSSR count). The van der Waals surface area contributed by atoms with Gasteiger partial charge in [-0.2, -0.15) is 0 Å². The lowest BCUT2D eigenvalue weighted by Gasteiger charge is -2.22. The molecule has 1 atom stereocenters. The number of guanidine groups is 1. The molecule has 1 heterocycles. The minimum Gasteiger partial charge on any atom is -0.359 e. The van der Waals surface area contributed by atoms with Crippen molar-refractivity contribution < 1.29 is 8.91 Å². The maximum absolute atomic E-state index is 14.7. The van der Waals surface area contributed by atoms with Crippen LogP contribution in [-0.4, -0.2) is 49.1 Å². The van der Waals surface area contributed by atoms with Crippen LogP contribution in [0.15, 0.2) is 64.1 Å². The van der Waals surface area contributed by atoms with Crippen LogP contribution in [0.3, 0.4) is 0 Å². The largest absolute Gasteiger partial charge is 0.359 e. The molecule has 0 bridgehead atoms. The zero-order valence-electron chi connectivity index (χ0n) is 17.6. The predicted molar refractivity (Wildman–Crippen MR) is 114 cm³/mol. The number of aromatic nitrogens is 1. The molecule has 29 heavy (non-hydrogen) atoms. The summed E-state index contributed by atoms with van der Waals surface area (Å²) in [5, 5.41) is 4.18. The first-order valence-corrected chi connectivity index (χ1v) is 9.56. The Morgan fingerprint density at radius 2 is 1.72 bits per heavy atom. The smallest absolute Gasteiger partial charge is 0.195 e. The topological polar surface area (TPSA) is 44.9 Å². The van der Waals surface area contributed by atoms with Crippen molar-refractivity contribution in [3.63, 3.8) is 0 Å². The van der Waals surface area contributed by atoms with Gasteiger partial charge in [-0.1, -0.05) is 54.5 Å². The van der Waals surface area contributed by atoms with E-state index in [0.717, 1.165) is 22.8 Å². The molecule has 0 amide bonds. The van der Waals surface area contributed by atoms with E-state index in [0.29, 0.717) is 17.9 Å². The number of nitrogens with zero attached hydrogens (tertiary/aromatic N) is 4. The molecule has 0 radical (unpaired) electrons. The summed E-state index contributed by atoms with van der Waals surface area (Å²) in [6.45, 7) is 2.39. The molecule has 3 aromatic rings. The molecular formula is C23H27FN4O. The van der Waals surface area contributed by atoms with Gasteiger partial charge in [0.2, 0.25) is 0 Å². The van der Waals surface area contributed by atoms with E-state index in [9.17, 15) is 4.39 Å². The van der Waals surface area contributed by atoms with Gasteiger partial charge in [-0.05, 0) is 17.2 Å². The van der Waals surface area contributed by atoms with Gasteiger partial charge in [0.1, 0.15) is 12.4 Å². The van der Waals surface area contributed by atoms with E-state index in [4.69, 9.17) is 4.52 Å². The number of hydrogen-bond acceptors (Lipinski definition) is 3. The van der Waals surface area contributed by atoms with Gasteiger partial charge in [0, 0.05) is 45.7 Å². The predicted octanol–water partition coefficient (Wildman–Crippen LogP) is 4.61. The Hall–Kier alpha value is -3.15. The van der Waals surface area contributed by atoms with E-state index in [-0.39, 0.29) is 11.7 Å². The fraction of sp³-hybridized carbons (Fsp3) is 0.304. The first kappa shape index (κ1) is 20.6. The van der Waals surface area contributed by atoms with Gasteiger partial charge in [0.05, 0.1) is 5.69 Å². The Morgan fingerprint density at radius 1 is 1.03 bits per heavy atom. The lowest BCUT2D eigenvalue weighted by molar-refractivity contribution is 0.375. The van der Waals surface area contributed by atoms with Crippen LogP contribution in [-0.2, 0) is 6.54 Å². The van der Waals surface area contributed by atoms with Gasteiger partial charge in [-0.15, -0.1) is 0 Å². The third-order valence-corrected chi connectivity index (χ3v) is 4.78. The molecule has 0 aliphatic rings. The molecule has 0 aliphatic heterocycles. The van der Waals surface area contributed by atoms with Crippen molar-refractivity contribution in [1.29, 1.82) is 0 Å². The van der Waals surface area contributed by atoms with Gasteiger partial charge < -0.3 is 14.3 Å². The summed E-state index contributed by atoms with van der Waals surface area (Å²) in [7, 11) is 7.78. The van der Waals surface area contributed by atoms with Gasteiger partial charge in [0.25, 0.3) is 0 Å². The lowest BCUT2D eigenvalue weighted by Crippen LogP contribution is -2.35. The third-order valence-electron chi connectivity index (χ3n) is 4.78. The van der Waals surface area contributed by atoms with Crippen molar-refractivity contribution in [3.8, 4) is 11.1 Å². The maximum Gasteiger partial charge on any atom is 0.195 e. The molecule has 1 unspecified atom stereocenters. The molecular weight excluding hydrogens is 367 g/mol. The molecule has 0 saturated heterocycles. The van der Waals surface area contributed by atoms with Crippen LogP contribution in [0.1, 0.15) is 29.9 Å². The second-order valence-corrected chi connectivity index (χ2v) is 7.45.